The fraction of sp³-hybridized carbons (Fsp3) is 0.733. The Labute approximate surface area is 103 Å². The van der Waals surface area contributed by atoms with Gasteiger partial charge in [-0.1, -0.05) is 19.4 Å². The quantitative estimate of drug-likeness (QED) is 0.603. The number of ketones is 2. The predicted molar refractivity (Wildman–Crippen MR) is 67.6 cm³/mol. The van der Waals surface area contributed by atoms with Gasteiger partial charge in [0.05, 0.1) is 0 Å². The number of fused-ring (bicyclic) bond motifs is 1. The van der Waals surface area contributed by atoms with E-state index in [1.54, 1.807) is 0 Å². The topological polar surface area (TPSA) is 34.1 Å². The molecule has 0 saturated heterocycles. The Morgan fingerprint density at radius 3 is 2.53 bits per heavy atom. The van der Waals surface area contributed by atoms with E-state index in [2.05, 4.69) is 13.8 Å². The van der Waals surface area contributed by atoms with Gasteiger partial charge in [-0.2, -0.15) is 0 Å². The predicted octanol–water partition coefficient (Wildman–Crippen LogP) is 3.31. The number of carbonyl (C=O) groups excluding carboxylic acids is 2. The summed E-state index contributed by atoms with van der Waals surface area (Å²) >= 11 is 0. The maximum absolute atomic E-state index is 12.1. The van der Waals surface area contributed by atoms with Crippen LogP contribution in [0.25, 0.3) is 0 Å². The monoisotopic (exact) mass is 234 g/mol. The summed E-state index contributed by atoms with van der Waals surface area (Å²) in [5.41, 5.74) is 2.11. The number of hydrogen-bond acceptors (Lipinski definition) is 2. The summed E-state index contributed by atoms with van der Waals surface area (Å²) in [5, 5.41) is 0. The molecule has 0 amide bonds. The highest BCUT2D eigenvalue weighted by Gasteiger charge is 2.50. The zero-order valence-corrected chi connectivity index (χ0v) is 11.3. The van der Waals surface area contributed by atoms with Gasteiger partial charge in [0, 0.05) is 18.8 Å². The zero-order valence-electron chi connectivity index (χ0n) is 11.3. The van der Waals surface area contributed by atoms with E-state index in [-0.39, 0.29) is 17.1 Å². The van der Waals surface area contributed by atoms with Crippen molar-refractivity contribution in [2.45, 2.75) is 53.4 Å². The van der Waals surface area contributed by atoms with Crippen LogP contribution >= 0.6 is 0 Å². The van der Waals surface area contributed by atoms with Crippen molar-refractivity contribution in [3.8, 4) is 0 Å². The molecular weight excluding hydrogens is 212 g/mol. The molecule has 0 bridgehead atoms. The Morgan fingerprint density at radius 2 is 1.94 bits per heavy atom. The summed E-state index contributed by atoms with van der Waals surface area (Å²) in [4.78, 5) is 24.1. The fourth-order valence-electron chi connectivity index (χ4n) is 3.46. The van der Waals surface area contributed by atoms with Gasteiger partial charge in [0.15, 0.2) is 5.78 Å². The molecule has 0 N–H and O–H groups in total. The molecule has 0 aromatic heterocycles. The molecule has 3 atom stereocenters. The van der Waals surface area contributed by atoms with Gasteiger partial charge in [-0.15, -0.1) is 0 Å². The Bertz CT molecular complexity index is 401. The third kappa shape index (κ3) is 1.88. The third-order valence-electron chi connectivity index (χ3n) is 5.02. The number of hydrogen-bond donors (Lipinski definition) is 0. The number of allylic oxidation sites excluding steroid dienone is 2. The molecular formula is C15H22O2. The maximum atomic E-state index is 12.1. The van der Waals surface area contributed by atoms with Crippen LogP contribution in [0.3, 0.4) is 0 Å². The molecule has 0 spiro atoms. The van der Waals surface area contributed by atoms with Crippen molar-refractivity contribution in [1.82, 2.24) is 0 Å². The van der Waals surface area contributed by atoms with E-state index in [0.29, 0.717) is 24.5 Å². The molecule has 2 heteroatoms. The first-order valence-electron chi connectivity index (χ1n) is 6.58. The normalized spacial score (nSPS) is 38.0. The lowest BCUT2D eigenvalue weighted by Gasteiger charge is -2.48. The second-order valence-corrected chi connectivity index (χ2v) is 6.25. The molecule has 2 rings (SSSR count). The maximum Gasteiger partial charge on any atom is 0.159 e. The highest BCUT2D eigenvalue weighted by molar-refractivity contribution is 6.01. The molecule has 2 aliphatic carbocycles. The van der Waals surface area contributed by atoms with Gasteiger partial charge < -0.3 is 0 Å². The Balaban J connectivity index is 2.40. The molecule has 0 radical (unpaired) electrons. The van der Waals surface area contributed by atoms with Crippen molar-refractivity contribution >= 4 is 11.6 Å². The van der Waals surface area contributed by atoms with Gasteiger partial charge >= 0.3 is 0 Å². The molecule has 0 aromatic carbocycles. The minimum Gasteiger partial charge on any atom is -0.299 e. The highest BCUT2D eigenvalue weighted by atomic mass is 16.1. The van der Waals surface area contributed by atoms with Crippen molar-refractivity contribution in [2.75, 3.05) is 0 Å². The van der Waals surface area contributed by atoms with E-state index >= 15 is 0 Å². The lowest BCUT2D eigenvalue weighted by molar-refractivity contribution is -0.139. The minimum absolute atomic E-state index is 0.00977. The molecule has 3 unspecified atom stereocenters. The van der Waals surface area contributed by atoms with Crippen LogP contribution in [0.4, 0.5) is 0 Å². The number of carbonyl (C=O) groups is 2. The van der Waals surface area contributed by atoms with Crippen LogP contribution in [0.5, 0.6) is 0 Å². The smallest absolute Gasteiger partial charge is 0.159 e. The van der Waals surface area contributed by atoms with E-state index in [4.69, 9.17) is 0 Å². The van der Waals surface area contributed by atoms with E-state index < -0.39 is 0 Å². The Kier molecular flexibility index (Phi) is 3.01. The van der Waals surface area contributed by atoms with Gasteiger partial charge in [-0.3, -0.25) is 9.59 Å². The highest BCUT2D eigenvalue weighted by Crippen LogP contribution is 2.52. The van der Waals surface area contributed by atoms with Crippen molar-refractivity contribution in [1.29, 1.82) is 0 Å². The third-order valence-corrected chi connectivity index (χ3v) is 5.02. The number of Topliss-reactive ketones (excluding diaryl/α,β-unsaturated/α-hetero) is 2. The van der Waals surface area contributed by atoms with Crippen molar-refractivity contribution < 1.29 is 9.59 Å². The summed E-state index contributed by atoms with van der Waals surface area (Å²) in [6.45, 7) is 8.45. The van der Waals surface area contributed by atoms with Crippen LogP contribution in [-0.2, 0) is 9.59 Å². The molecule has 2 nitrogen and oxygen atoms in total. The minimum atomic E-state index is -0.0261. The first kappa shape index (κ1) is 12.5. The van der Waals surface area contributed by atoms with Crippen LogP contribution in [0.2, 0.25) is 0 Å². The summed E-state index contributed by atoms with van der Waals surface area (Å²) in [6.07, 6.45) is 2.89. The first-order chi connectivity index (χ1) is 7.86. The second-order valence-electron chi connectivity index (χ2n) is 6.25. The molecule has 0 aliphatic heterocycles. The SMILES string of the molecule is CC(C)=C1CC2(C)C(C)CCC(=O)C2CC1=O. The van der Waals surface area contributed by atoms with Crippen LogP contribution < -0.4 is 0 Å². The van der Waals surface area contributed by atoms with Gasteiger partial charge in [0.25, 0.3) is 0 Å². The molecule has 94 valence electrons. The molecule has 17 heavy (non-hydrogen) atoms. The molecule has 2 fully saturated rings. The van der Waals surface area contributed by atoms with Crippen LogP contribution in [0, 0.1) is 17.3 Å². The van der Waals surface area contributed by atoms with E-state index in [1.165, 1.54) is 0 Å². The molecule has 0 heterocycles. The number of rotatable bonds is 0. The molecule has 0 aromatic rings. The summed E-state index contributed by atoms with van der Waals surface area (Å²) in [6, 6.07) is 0. The Morgan fingerprint density at radius 1 is 1.29 bits per heavy atom. The van der Waals surface area contributed by atoms with E-state index in [9.17, 15) is 9.59 Å². The van der Waals surface area contributed by atoms with Gasteiger partial charge in [-0.25, -0.2) is 0 Å². The average molecular weight is 234 g/mol. The zero-order chi connectivity index (χ0) is 12.8. The van der Waals surface area contributed by atoms with E-state index in [0.717, 1.165) is 24.0 Å². The largest absolute Gasteiger partial charge is 0.299 e. The fourth-order valence-corrected chi connectivity index (χ4v) is 3.46. The van der Waals surface area contributed by atoms with Crippen molar-refractivity contribution in [3.63, 3.8) is 0 Å². The van der Waals surface area contributed by atoms with Crippen LogP contribution in [0.1, 0.15) is 53.4 Å². The van der Waals surface area contributed by atoms with Crippen molar-refractivity contribution in [2.24, 2.45) is 17.3 Å². The summed E-state index contributed by atoms with van der Waals surface area (Å²) < 4.78 is 0. The standard InChI is InChI=1S/C15H22O2/c1-9(2)11-8-15(4)10(3)5-6-13(16)12(15)7-14(11)17/h10,12H,5-8H2,1-4H3. The van der Waals surface area contributed by atoms with Crippen molar-refractivity contribution in [3.05, 3.63) is 11.1 Å². The van der Waals surface area contributed by atoms with E-state index in [1.807, 2.05) is 13.8 Å². The molecule has 2 saturated carbocycles. The second kappa shape index (κ2) is 4.08. The molecule has 2 aliphatic rings. The van der Waals surface area contributed by atoms with Crippen LogP contribution in [-0.4, -0.2) is 11.6 Å². The van der Waals surface area contributed by atoms with Crippen LogP contribution in [0.15, 0.2) is 11.1 Å². The lowest BCUT2D eigenvalue weighted by atomic mass is 9.54. The Hall–Kier alpha value is -0.920. The first-order valence-corrected chi connectivity index (χ1v) is 6.58. The van der Waals surface area contributed by atoms with Gasteiger partial charge in [0.1, 0.15) is 5.78 Å². The summed E-state index contributed by atoms with van der Waals surface area (Å²) in [7, 11) is 0. The average Bonchev–Trinajstić information content (AvgIpc) is 2.26. The van der Waals surface area contributed by atoms with Gasteiger partial charge in [-0.05, 0) is 43.6 Å². The lowest BCUT2D eigenvalue weighted by Crippen LogP contribution is -2.47. The summed E-state index contributed by atoms with van der Waals surface area (Å²) in [5.74, 6) is 1.02. The van der Waals surface area contributed by atoms with Gasteiger partial charge in [0.2, 0.25) is 0 Å².